The molecule has 0 radical (unpaired) electrons. The van der Waals surface area contributed by atoms with Gasteiger partial charge in [0.1, 0.15) is 12.1 Å². The van der Waals surface area contributed by atoms with Gasteiger partial charge in [0.2, 0.25) is 11.8 Å². The summed E-state index contributed by atoms with van der Waals surface area (Å²) < 4.78 is 10.2. The van der Waals surface area contributed by atoms with E-state index in [4.69, 9.17) is 9.47 Å². The molecule has 0 spiro atoms. The molecule has 8 nitrogen and oxygen atoms in total. The van der Waals surface area contributed by atoms with Crippen molar-refractivity contribution in [3.05, 3.63) is 83.9 Å². The summed E-state index contributed by atoms with van der Waals surface area (Å²) in [5.74, 6) is -1.57. The number of hydrogen-bond donors (Lipinski definition) is 2. The van der Waals surface area contributed by atoms with Crippen molar-refractivity contribution in [3.63, 3.8) is 0 Å². The monoisotopic (exact) mass is 556 g/mol. The van der Waals surface area contributed by atoms with Gasteiger partial charge in [-0.3, -0.25) is 9.59 Å². The van der Waals surface area contributed by atoms with E-state index in [9.17, 15) is 19.2 Å². The van der Waals surface area contributed by atoms with Crippen LogP contribution in [-0.4, -0.2) is 60.6 Å². The van der Waals surface area contributed by atoms with E-state index in [1.807, 2.05) is 60.7 Å². The number of amides is 2. The molecular weight excluding hydrogens is 524 g/mol. The number of ether oxygens (including phenoxy) is 2. The second-order valence-electron chi connectivity index (χ2n) is 7.68. The van der Waals surface area contributed by atoms with Crippen molar-refractivity contribution < 1.29 is 28.7 Å². The number of esters is 2. The van der Waals surface area contributed by atoms with Crippen LogP contribution in [0.5, 0.6) is 0 Å². The Bertz CT molecular complexity index is 1010. The number of rotatable bonds is 15. The lowest BCUT2D eigenvalue weighted by Crippen LogP contribution is -2.43. The van der Waals surface area contributed by atoms with Crippen molar-refractivity contribution in [2.45, 2.75) is 25.9 Å². The van der Waals surface area contributed by atoms with Crippen LogP contribution in [0, 0.1) is 0 Å². The molecule has 10 heteroatoms. The molecule has 2 N–H and O–H groups in total. The van der Waals surface area contributed by atoms with E-state index < -0.39 is 35.8 Å². The van der Waals surface area contributed by atoms with E-state index in [0.29, 0.717) is 0 Å². The Morgan fingerprint density at radius 2 is 1.05 bits per heavy atom. The third-order valence-electron chi connectivity index (χ3n) is 4.78. The molecule has 0 saturated heterocycles. The highest BCUT2D eigenvalue weighted by Crippen LogP contribution is 2.24. The summed E-state index contributed by atoms with van der Waals surface area (Å²) in [6, 6.07) is 16.9. The maximum absolute atomic E-state index is 12.4. The Kier molecular flexibility index (Phi) is 14.4. The quantitative estimate of drug-likeness (QED) is 0.147. The first-order valence-corrected chi connectivity index (χ1v) is 14.6. The summed E-state index contributed by atoms with van der Waals surface area (Å²) in [6.45, 7) is 3.73. The summed E-state index contributed by atoms with van der Waals surface area (Å²) in [5, 5.41) is 5.33. The lowest BCUT2D eigenvalue weighted by molar-refractivity contribution is -0.146. The highest BCUT2D eigenvalue weighted by atomic mass is 33.1. The third kappa shape index (κ3) is 12.2. The van der Waals surface area contributed by atoms with Gasteiger partial charge in [-0.05, 0) is 37.1 Å². The van der Waals surface area contributed by atoms with Gasteiger partial charge in [-0.15, -0.1) is 0 Å². The molecule has 0 aliphatic rings. The van der Waals surface area contributed by atoms with Gasteiger partial charge in [-0.25, -0.2) is 9.59 Å². The van der Waals surface area contributed by atoms with E-state index in [1.165, 1.54) is 33.7 Å². The molecule has 202 valence electrons. The lowest BCUT2D eigenvalue weighted by atomic mass is 10.2. The van der Waals surface area contributed by atoms with Crippen LogP contribution in [0.3, 0.4) is 0 Å². The first-order valence-electron chi connectivity index (χ1n) is 12.1. The van der Waals surface area contributed by atoms with Crippen molar-refractivity contribution in [1.29, 1.82) is 0 Å². The topological polar surface area (TPSA) is 111 Å². The van der Waals surface area contributed by atoms with E-state index in [-0.39, 0.29) is 24.7 Å². The molecule has 0 aromatic heterocycles. The van der Waals surface area contributed by atoms with Gasteiger partial charge >= 0.3 is 11.9 Å². The fourth-order valence-electron chi connectivity index (χ4n) is 2.97. The summed E-state index contributed by atoms with van der Waals surface area (Å²) in [6.07, 6.45) is 6.01. The minimum Gasteiger partial charge on any atom is -0.464 e. The maximum Gasteiger partial charge on any atom is 0.329 e. The second-order valence-corrected chi connectivity index (χ2v) is 10.2. The highest BCUT2D eigenvalue weighted by molar-refractivity contribution is 8.76. The van der Waals surface area contributed by atoms with Crippen LogP contribution in [0.25, 0.3) is 12.2 Å². The molecule has 0 bridgehead atoms. The number of benzene rings is 2. The smallest absolute Gasteiger partial charge is 0.329 e. The van der Waals surface area contributed by atoms with Crippen LogP contribution in [0.2, 0.25) is 0 Å². The minimum absolute atomic E-state index is 0.177. The summed E-state index contributed by atoms with van der Waals surface area (Å²) in [4.78, 5) is 49.5. The molecule has 38 heavy (non-hydrogen) atoms. The van der Waals surface area contributed by atoms with E-state index >= 15 is 0 Å². The summed E-state index contributed by atoms with van der Waals surface area (Å²) >= 11 is 0. The van der Waals surface area contributed by atoms with Gasteiger partial charge in [-0.1, -0.05) is 82.3 Å². The van der Waals surface area contributed by atoms with Crippen LogP contribution in [-0.2, 0) is 28.7 Å². The van der Waals surface area contributed by atoms with Crippen LogP contribution < -0.4 is 10.6 Å². The molecule has 2 aromatic carbocycles. The molecule has 0 fully saturated rings. The van der Waals surface area contributed by atoms with Crippen molar-refractivity contribution in [1.82, 2.24) is 10.6 Å². The van der Waals surface area contributed by atoms with Gasteiger partial charge < -0.3 is 20.1 Å². The zero-order valence-corrected chi connectivity index (χ0v) is 23.0. The number of nitrogens with one attached hydrogen (secondary N) is 2. The number of hydrogen-bond acceptors (Lipinski definition) is 8. The fourth-order valence-corrected chi connectivity index (χ4v) is 5.26. The minimum atomic E-state index is -0.884. The zero-order valence-electron chi connectivity index (χ0n) is 21.3. The van der Waals surface area contributed by atoms with Crippen LogP contribution in [0.4, 0.5) is 0 Å². The van der Waals surface area contributed by atoms with Crippen molar-refractivity contribution in [3.8, 4) is 0 Å². The maximum atomic E-state index is 12.4. The van der Waals surface area contributed by atoms with Crippen molar-refractivity contribution in [2.75, 3.05) is 24.7 Å². The Labute approximate surface area is 231 Å². The number of carbonyl (C=O) groups is 4. The standard InChI is InChI=1S/C28H32N2O6S2/c1-3-35-27(33)23(29-25(31)17-15-21-11-7-5-8-12-21)19-37-38-20-24(28(34)36-4-2)30-26(32)18-16-22-13-9-6-10-14-22/h5-18,23-24H,3-4,19-20H2,1-2H3,(H,29,31)(H,30,32)/b17-15+,18-16+. The average molecular weight is 557 g/mol. The normalized spacial score (nSPS) is 12.6. The second kappa shape index (κ2) is 17.9. The van der Waals surface area contributed by atoms with Gasteiger partial charge in [0.25, 0.3) is 0 Å². The van der Waals surface area contributed by atoms with Crippen molar-refractivity contribution in [2.24, 2.45) is 0 Å². The molecule has 2 aromatic rings. The lowest BCUT2D eigenvalue weighted by Gasteiger charge is -2.18. The fraction of sp³-hybridized carbons (Fsp3) is 0.286. The Morgan fingerprint density at radius 3 is 1.39 bits per heavy atom. The summed E-state index contributed by atoms with van der Waals surface area (Å²) in [7, 11) is 2.55. The van der Waals surface area contributed by atoms with E-state index in [1.54, 1.807) is 26.0 Å². The van der Waals surface area contributed by atoms with Crippen LogP contribution in [0.15, 0.2) is 72.8 Å². The first-order chi connectivity index (χ1) is 18.4. The van der Waals surface area contributed by atoms with Gasteiger partial charge in [0, 0.05) is 23.7 Å². The predicted molar refractivity (Wildman–Crippen MR) is 153 cm³/mol. The van der Waals surface area contributed by atoms with E-state index in [2.05, 4.69) is 10.6 Å². The Hall–Kier alpha value is -3.50. The molecular formula is C28H32N2O6S2. The van der Waals surface area contributed by atoms with Gasteiger partial charge in [-0.2, -0.15) is 0 Å². The molecule has 2 unspecified atom stereocenters. The molecule has 0 saturated carbocycles. The van der Waals surface area contributed by atoms with E-state index in [0.717, 1.165) is 11.1 Å². The summed E-state index contributed by atoms with van der Waals surface area (Å²) in [5.41, 5.74) is 1.71. The van der Waals surface area contributed by atoms with Crippen LogP contribution in [0.1, 0.15) is 25.0 Å². The first kappa shape index (κ1) is 30.7. The largest absolute Gasteiger partial charge is 0.464 e. The molecule has 0 aliphatic heterocycles. The zero-order chi connectivity index (χ0) is 27.6. The molecule has 2 amide bonds. The average Bonchev–Trinajstić information content (AvgIpc) is 2.93. The molecule has 2 atom stereocenters. The Balaban J connectivity index is 1.91. The molecule has 2 rings (SSSR count). The third-order valence-corrected chi connectivity index (χ3v) is 7.20. The molecule has 0 aliphatic carbocycles. The molecule has 0 heterocycles. The van der Waals surface area contributed by atoms with Gasteiger partial charge in [0.05, 0.1) is 13.2 Å². The SMILES string of the molecule is CCOC(=O)C(CSSCC(NC(=O)/C=C/c1ccccc1)C(=O)OCC)NC(=O)/C=C/c1ccccc1. The van der Waals surface area contributed by atoms with Crippen molar-refractivity contribution >= 4 is 57.5 Å². The highest BCUT2D eigenvalue weighted by Gasteiger charge is 2.24. The predicted octanol–water partition coefficient (Wildman–Crippen LogP) is 3.89. The Morgan fingerprint density at radius 1 is 0.684 bits per heavy atom. The number of carbonyl (C=O) groups excluding carboxylic acids is 4. The van der Waals surface area contributed by atoms with Gasteiger partial charge in [0.15, 0.2) is 0 Å². The van der Waals surface area contributed by atoms with Crippen LogP contribution >= 0.6 is 21.6 Å².